The third kappa shape index (κ3) is 4.08. The molecule has 1 aromatic rings. The summed E-state index contributed by atoms with van der Waals surface area (Å²) in [6, 6.07) is 5.30. The second-order valence-electron chi connectivity index (χ2n) is 2.93. The Kier molecular flexibility index (Phi) is 4.24. The molecule has 0 fully saturated rings. The molecule has 0 saturated carbocycles. The molecular weight excluding hydrogens is 218 g/mol. The number of amides is 1. The molecule has 0 aromatic heterocycles. The van der Waals surface area contributed by atoms with Crippen LogP contribution in [0.4, 0.5) is 4.79 Å². The fourth-order valence-electron chi connectivity index (χ4n) is 1.07. The van der Waals surface area contributed by atoms with Gasteiger partial charge in [-0.25, -0.2) is 4.79 Å². The maximum Gasteiger partial charge on any atom is 0.404 e. The Morgan fingerprint density at radius 3 is 2.80 bits per heavy atom. The van der Waals surface area contributed by atoms with Gasteiger partial charge in [0.15, 0.2) is 0 Å². The van der Waals surface area contributed by atoms with E-state index in [9.17, 15) is 4.79 Å². The lowest BCUT2D eigenvalue weighted by Gasteiger charge is -2.08. The smallest absolute Gasteiger partial charge is 0.404 e. The van der Waals surface area contributed by atoms with E-state index in [4.69, 9.17) is 22.1 Å². The minimum absolute atomic E-state index is 0.136. The molecule has 2 N–H and O–H groups in total. The van der Waals surface area contributed by atoms with Crippen LogP contribution >= 0.6 is 11.6 Å². The van der Waals surface area contributed by atoms with Crippen LogP contribution in [0.25, 0.3) is 0 Å². The van der Waals surface area contributed by atoms with Crippen LogP contribution in [-0.4, -0.2) is 19.3 Å². The summed E-state index contributed by atoms with van der Waals surface area (Å²) in [7, 11) is 0. The Morgan fingerprint density at radius 1 is 1.47 bits per heavy atom. The predicted molar refractivity (Wildman–Crippen MR) is 57.2 cm³/mol. The van der Waals surface area contributed by atoms with E-state index >= 15 is 0 Å². The molecule has 4 nitrogen and oxygen atoms in total. The molecule has 0 bridgehead atoms. The van der Waals surface area contributed by atoms with Gasteiger partial charge >= 0.3 is 6.09 Å². The third-order valence-corrected chi connectivity index (χ3v) is 1.96. The predicted octanol–water partition coefficient (Wildman–Crippen LogP) is 2.12. The number of nitrogens with two attached hydrogens (primary N) is 1. The first kappa shape index (κ1) is 11.7. The summed E-state index contributed by atoms with van der Waals surface area (Å²) in [6.45, 7) is 2.29. The fraction of sp³-hybridized carbons (Fsp3) is 0.300. The molecule has 0 spiro atoms. The summed E-state index contributed by atoms with van der Waals surface area (Å²) in [5, 5.41) is 0.660. The summed E-state index contributed by atoms with van der Waals surface area (Å²) in [6.07, 6.45) is -0.800. The number of rotatable bonds is 4. The molecule has 5 heteroatoms. The van der Waals surface area contributed by atoms with Gasteiger partial charge in [-0.2, -0.15) is 0 Å². The average Bonchev–Trinajstić information content (AvgIpc) is 2.14. The molecule has 0 atom stereocenters. The molecule has 82 valence electrons. The number of hydrogen-bond donors (Lipinski definition) is 1. The Hall–Kier alpha value is -1.42. The number of primary amides is 1. The number of halogens is 1. The Bertz CT molecular complexity index is 355. The van der Waals surface area contributed by atoms with Gasteiger partial charge in [0.1, 0.15) is 19.0 Å². The summed E-state index contributed by atoms with van der Waals surface area (Å²) in [5.74, 6) is 0.715. The van der Waals surface area contributed by atoms with Crippen LogP contribution < -0.4 is 10.5 Å². The molecule has 0 aliphatic carbocycles. The Labute approximate surface area is 92.9 Å². The number of aryl methyl sites for hydroxylation is 1. The molecule has 0 heterocycles. The van der Waals surface area contributed by atoms with E-state index in [0.717, 1.165) is 5.56 Å². The standard InChI is InChI=1S/C10H12ClNO3/c1-7-6-8(11)2-3-9(7)14-4-5-15-10(12)13/h2-3,6H,4-5H2,1H3,(H2,12,13). The van der Waals surface area contributed by atoms with E-state index < -0.39 is 6.09 Å². The van der Waals surface area contributed by atoms with E-state index in [-0.39, 0.29) is 13.2 Å². The van der Waals surface area contributed by atoms with Crippen molar-refractivity contribution >= 4 is 17.7 Å². The monoisotopic (exact) mass is 229 g/mol. The minimum Gasteiger partial charge on any atom is -0.490 e. The van der Waals surface area contributed by atoms with Crippen molar-refractivity contribution in [2.75, 3.05) is 13.2 Å². The van der Waals surface area contributed by atoms with Crippen LogP contribution in [0.15, 0.2) is 18.2 Å². The van der Waals surface area contributed by atoms with Crippen molar-refractivity contribution < 1.29 is 14.3 Å². The Balaban J connectivity index is 2.40. The van der Waals surface area contributed by atoms with Gasteiger partial charge in [0.2, 0.25) is 0 Å². The van der Waals surface area contributed by atoms with Gasteiger partial charge in [0, 0.05) is 5.02 Å². The van der Waals surface area contributed by atoms with E-state index in [0.29, 0.717) is 10.8 Å². The van der Waals surface area contributed by atoms with E-state index in [1.165, 1.54) is 0 Å². The molecule has 1 aromatic carbocycles. The van der Waals surface area contributed by atoms with Gasteiger partial charge in [0.25, 0.3) is 0 Å². The summed E-state index contributed by atoms with van der Waals surface area (Å²) >= 11 is 5.78. The number of carbonyl (C=O) groups excluding carboxylic acids is 1. The maximum atomic E-state index is 10.2. The molecule has 0 unspecified atom stereocenters. The highest BCUT2D eigenvalue weighted by Gasteiger charge is 2.00. The number of ether oxygens (including phenoxy) is 2. The fourth-order valence-corrected chi connectivity index (χ4v) is 1.30. The highest BCUT2D eigenvalue weighted by Crippen LogP contribution is 2.21. The average molecular weight is 230 g/mol. The maximum absolute atomic E-state index is 10.2. The van der Waals surface area contributed by atoms with Crippen LogP contribution in [0.5, 0.6) is 5.75 Å². The van der Waals surface area contributed by atoms with Crippen LogP contribution in [0.2, 0.25) is 5.02 Å². The Morgan fingerprint density at radius 2 is 2.20 bits per heavy atom. The number of carbonyl (C=O) groups is 1. The van der Waals surface area contributed by atoms with Crippen molar-refractivity contribution in [1.29, 1.82) is 0 Å². The van der Waals surface area contributed by atoms with Crippen LogP contribution in [0.3, 0.4) is 0 Å². The topological polar surface area (TPSA) is 61.6 Å². The first-order chi connectivity index (χ1) is 7.09. The second kappa shape index (κ2) is 5.46. The zero-order chi connectivity index (χ0) is 11.3. The molecule has 0 aliphatic heterocycles. The highest BCUT2D eigenvalue weighted by atomic mass is 35.5. The minimum atomic E-state index is -0.800. The molecule has 15 heavy (non-hydrogen) atoms. The second-order valence-corrected chi connectivity index (χ2v) is 3.36. The quantitative estimate of drug-likeness (QED) is 0.805. The van der Waals surface area contributed by atoms with Gasteiger partial charge in [0.05, 0.1) is 0 Å². The molecule has 0 aliphatic rings. The first-order valence-electron chi connectivity index (χ1n) is 4.41. The molecule has 1 rings (SSSR count). The molecular formula is C10H12ClNO3. The van der Waals surface area contributed by atoms with Crippen molar-refractivity contribution in [1.82, 2.24) is 0 Å². The highest BCUT2D eigenvalue weighted by molar-refractivity contribution is 6.30. The lowest BCUT2D eigenvalue weighted by Crippen LogP contribution is -2.17. The molecule has 1 amide bonds. The SMILES string of the molecule is Cc1cc(Cl)ccc1OCCOC(N)=O. The summed E-state index contributed by atoms with van der Waals surface area (Å²) in [4.78, 5) is 10.2. The normalized spacial score (nSPS) is 9.73. The van der Waals surface area contributed by atoms with Gasteiger partial charge in [-0.3, -0.25) is 0 Å². The lowest BCUT2D eigenvalue weighted by atomic mass is 10.2. The number of benzene rings is 1. The van der Waals surface area contributed by atoms with Crippen molar-refractivity contribution in [3.05, 3.63) is 28.8 Å². The van der Waals surface area contributed by atoms with Crippen molar-refractivity contribution in [3.63, 3.8) is 0 Å². The zero-order valence-electron chi connectivity index (χ0n) is 8.33. The molecule has 0 radical (unpaired) electrons. The third-order valence-electron chi connectivity index (χ3n) is 1.72. The molecule has 0 saturated heterocycles. The van der Waals surface area contributed by atoms with Crippen molar-refractivity contribution in [3.8, 4) is 5.75 Å². The summed E-state index contributed by atoms with van der Waals surface area (Å²) in [5.41, 5.74) is 5.72. The van der Waals surface area contributed by atoms with Crippen molar-refractivity contribution in [2.24, 2.45) is 5.73 Å². The van der Waals surface area contributed by atoms with Crippen LogP contribution in [0.1, 0.15) is 5.56 Å². The van der Waals surface area contributed by atoms with Crippen LogP contribution in [0, 0.1) is 6.92 Å². The summed E-state index contributed by atoms with van der Waals surface area (Å²) < 4.78 is 9.87. The van der Waals surface area contributed by atoms with Gasteiger partial charge in [-0.05, 0) is 30.7 Å². The van der Waals surface area contributed by atoms with Gasteiger partial charge in [-0.15, -0.1) is 0 Å². The van der Waals surface area contributed by atoms with Gasteiger partial charge in [-0.1, -0.05) is 11.6 Å². The van der Waals surface area contributed by atoms with Crippen LogP contribution in [-0.2, 0) is 4.74 Å². The van der Waals surface area contributed by atoms with E-state index in [2.05, 4.69) is 4.74 Å². The number of hydrogen-bond acceptors (Lipinski definition) is 3. The largest absolute Gasteiger partial charge is 0.490 e. The van der Waals surface area contributed by atoms with Gasteiger partial charge < -0.3 is 15.2 Å². The zero-order valence-corrected chi connectivity index (χ0v) is 9.08. The first-order valence-corrected chi connectivity index (χ1v) is 4.78. The lowest BCUT2D eigenvalue weighted by molar-refractivity contribution is 0.133. The van der Waals surface area contributed by atoms with E-state index in [1.54, 1.807) is 18.2 Å². The van der Waals surface area contributed by atoms with Crippen molar-refractivity contribution in [2.45, 2.75) is 6.92 Å². The van der Waals surface area contributed by atoms with E-state index in [1.807, 2.05) is 6.92 Å².